The van der Waals surface area contributed by atoms with Crippen molar-refractivity contribution in [3.8, 4) is 39.3 Å². The molecule has 0 bridgehead atoms. The first-order chi connectivity index (χ1) is 27.8. The Morgan fingerprint density at radius 1 is 0.304 bits per heavy atom. The lowest BCUT2D eigenvalue weighted by Gasteiger charge is -2.13. The van der Waals surface area contributed by atoms with Crippen LogP contribution in [0.2, 0.25) is 0 Å². The zero-order chi connectivity index (χ0) is 36.7. The van der Waals surface area contributed by atoms with E-state index in [0.29, 0.717) is 0 Å². The van der Waals surface area contributed by atoms with Gasteiger partial charge in [-0.2, -0.15) is 0 Å². The highest BCUT2D eigenvalue weighted by Crippen LogP contribution is 2.45. The molecule has 0 N–H and O–H groups in total. The van der Waals surface area contributed by atoms with Crippen LogP contribution in [0.1, 0.15) is 0 Å². The summed E-state index contributed by atoms with van der Waals surface area (Å²) in [5.41, 5.74) is 14.4. The zero-order valence-electron chi connectivity index (χ0n) is 30.3. The van der Waals surface area contributed by atoms with E-state index in [4.69, 9.17) is 0 Å². The Labute approximate surface area is 327 Å². The second-order valence-corrected chi connectivity index (χ2v) is 15.6. The van der Waals surface area contributed by atoms with Crippen LogP contribution in [0.5, 0.6) is 0 Å². The molecule has 0 amide bonds. The van der Waals surface area contributed by atoms with E-state index >= 15 is 0 Å². The minimum absolute atomic E-state index is 1.13. The average molecular weight is 732 g/mol. The SMILES string of the molecule is c1ccc(-c2ccc3c(c2)sc2c3c3ccc(-c4ccccc4)cc3n2-c2cccc(-n3c4ccccc4c4c3c3ccccc3n4-c3ccccc3)c2)cc1. The molecule has 262 valence electrons. The molecule has 4 heteroatoms. The topological polar surface area (TPSA) is 14.8 Å². The maximum atomic E-state index is 2.50. The minimum Gasteiger partial charge on any atom is -0.307 e. The number of para-hydroxylation sites is 3. The summed E-state index contributed by atoms with van der Waals surface area (Å²) in [6, 6.07) is 73.0. The van der Waals surface area contributed by atoms with Gasteiger partial charge in [0.2, 0.25) is 0 Å². The van der Waals surface area contributed by atoms with E-state index in [1.54, 1.807) is 0 Å². The van der Waals surface area contributed by atoms with E-state index in [-0.39, 0.29) is 0 Å². The Balaban J connectivity index is 1.14. The Morgan fingerprint density at radius 2 is 0.804 bits per heavy atom. The van der Waals surface area contributed by atoms with E-state index in [1.165, 1.54) is 86.3 Å². The molecule has 8 aromatic carbocycles. The summed E-state index contributed by atoms with van der Waals surface area (Å²) < 4.78 is 8.71. The van der Waals surface area contributed by atoms with Crippen LogP contribution in [0.25, 0.3) is 103 Å². The molecular weight excluding hydrogens is 699 g/mol. The van der Waals surface area contributed by atoms with Crippen LogP contribution in [0.15, 0.2) is 200 Å². The first kappa shape index (κ1) is 31.2. The summed E-state index contributed by atoms with van der Waals surface area (Å²) in [4.78, 5) is 1.26. The average Bonchev–Trinajstić information content (AvgIpc) is 4.00. The molecule has 4 aromatic heterocycles. The molecule has 0 radical (unpaired) electrons. The summed E-state index contributed by atoms with van der Waals surface area (Å²) in [5, 5.41) is 6.33. The normalized spacial score (nSPS) is 11.9. The van der Waals surface area contributed by atoms with Crippen LogP contribution in [0, 0.1) is 0 Å². The van der Waals surface area contributed by atoms with Crippen LogP contribution >= 0.6 is 11.3 Å². The molecule has 12 aromatic rings. The van der Waals surface area contributed by atoms with Gasteiger partial charge in [-0.1, -0.05) is 146 Å². The number of rotatable bonds is 5. The highest BCUT2D eigenvalue weighted by Gasteiger charge is 2.23. The minimum atomic E-state index is 1.13. The van der Waals surface area contributed by atoms with E-state index in [9.17, 15) is 0 Å². The highest BCUT2D eigenvalue weighted by molar-refractivity contribution is 7.25. The molecule has 0 aliphatic rings. The lowest BCUT2D eigenvalue weighted by atomic mass is 10.0. The third-order valence-electron chi connectivity index (χ3n) is 11.4. The van der Waals surface area contributed by atoms with Crippen molar-refractivity contribution in [1.29, 1.82) is 0 Å². The summed E-state index contributed by atoms with van der Waals surface area (Å²) in [6.45, 7) is 0. The van der Waals surface area contributed by atoms with Crippen LogP contribution in [-0.2, 0) is 0 Å². The second-order valence-electron chi connectivity index (χ2n) is 14.6. The fourth-order valence-corrected chi connectivity index (χ4v) is 10.3. The molecule has 0 unspecified atom stereocenters. The van der Waals surface area contributed by atoms with E-state index in [2.05, 4.69) is 214 Å². The third kappa shape index (κ3) is 4.57. The number of aromatic nitrogens is 3. The maximum Gasteiger partial charge on any atom is 0.109 e. The van der Waals surface area contributed by atoms with Crippen LogP contribution in [0.4, 0.5) is 0 Å². The standard InChI is InChI=1S/C52H33N3S/c1-4-15-34(16-5-1)36-27-29-41-47(31-36)55(52-49(41)44-30-28-37(32-48(44)56-52)35-17-6-2-7-18-35)40-22-14-21-39(33-40)54-46-26-13-11-24-43(46)50-51(54)42-23-10-12-25-45(42)53(50)38-19-8-3-9-20-38/h1-33H. The quantitative estimate of drug-likeness (QED) is 0.167. The van der Waals surface area contributed by atoms with Gasteiger partial charge in [0.25, 0.3) is 0 Å². The zero-order valence-corrected chi connectivity index (χ0v) is 31.1. The van der Waals surface area contributed by atoms with Crippen molar-refractivity contribution < 1.29 is 0 Å². The van der Waals surface area contributed by atoms with Crippen LogP contribution in [0.3, 0.4) is 0 Å². The summed E-state index contributed by atoms with van der Waals surface area (Å²) in [5.74, 6) is 0. The number of thiophene rings is 1. The fourth-order valence-electron chi connectivity index (χ4n) is 8.99. The van der Waals surface area contributed by atoms with Crippen molar-refractivity contribution in [2.24, 2.45) is 0 Å². The summed E-state index contributed by atoms with van der Waals surface area (Å²) >= 11 is 1.88. The third-order valence-corrected chi connectivity index (χ3v) is 12.6. The van der Waals surface area contributed by atoms with E-state index in [1.807, 2.05) is 11.3 Å². The van der Waals surface area contributed by atoms with Gasteiger partial charge in [0, 0.05) is 48.7 Å². The molecule has 0 saturated carbocycles. The van der Waals surface area contributed by atoms with Gasteiger partial charge in [-0.15, -0.1) is 11.3 Å². The van der Waals surface area contributed by atoms with Gasteiger partial charge in [-0.3, -0.25) is 0 Å². The van der Waals surface area contributed by atoms with Gasteiger partial charge >= 0.3 is 0 Å². The number of nitrogens with zero attached hydrogens (tertiary/aromatic N) is 3. The van der Waals surface area contributed by atoms with Crippen molar-refractivity contribution in [2.45, 2.75) is 0 Å². The predicted molar refractivity (Wildman–Crippen MR) is 238 cm³/mol. The predicted octanol–water partition coefficient (Wildman–Crippen LogP) is 14.4. The van der Waals surface area contributed by atoms with Crippen LogP contribution in [-0.4, -0.2) is 13.7 Å². The first-order valence-corrected chi connectivity index (χ1v) is 19.9. The lowest BCUT2D eigenvalue weighted by molar-refractivity contribution is 1.14. The Bertz CT molecular complexity index is 3450. The van der Waals surface area contributed by atoms with Crippen molar-refractivity contribution in [2.75, 3.05) is 0 Å². The Hall–Kier alpha value is -7.14. The number of benzene rings is 8. The molecular formula is C52H33N3S. The molecule has 12 rings (SSSR count). The maximum absolute atomic E-state index is 2.50. The highest BCUT2D eigenvalue weighted by atomic mass is 32.1. The molecule has 0 saturated heterocycles. The van der Waals surface area contributed by atoms with Crippen molar-refractivity contribution in [3.05, 3.63) is 200 Å². The van der Waals surface area contributed by atoms with Gasteiger partial charge in [-0.25, -0.2) is 0 Å². The monoisotopic (exact) mass is 731 g/mol. The Morgan fingerprint density at radius 3 is 1.45 bits per heavy atom. The molecule has 3 nitrogen and oxygen atoms in total. The van der Waals surface area contributed by atoms with Crippen LogP contribution < -0.4 is 0 Å². The van der Waals surface area contributed by atoms with E-state index < -0.39 is 0 Å². The molecule has 4 heterocycles. The molecule has 0 atom stereocenters. The van der Waals surface area contributed by atoms with Gasteiger partial charge in [-0.05, 0) is 76.9 Å². The van der Waals surface area contributed by atoms with Crippen molar-refractivity contribution >= 4 is 75.4 Å². The molecule has 0 fully saturated rings. The molecule has 0 aliphatic carbocycles. The van der Waals surface area contributed by atoms with Crippen molar-refractivity contribution in [3.63, 3.8) is 0 Å². The van der Waals surface area contributed by atoms with Gasteiger partial charge in [0.1, 0.15) is 4.83 Å². The molecule has 0 aliphatic heterocycles. The van der Waals surface area contributed by atoms with Gasteiger partial charge < -0.3 is 13.7 Å². The largest absolute Gasteiger partial charge is 0.307 e. The molecule has 0 spiro atoms. The van der Waals surface area contributed by atoms with E-state index in [0.717, 1.165) is 17.1 Å². The molecule has 56 heavy (non-hydrogen) atoms. The number of fused-ring (bicyclic) bond motifs is 10. The fraction of sp³-hybridized carbons (Fsp3) is 0. The second kappa shape index (κ2) is 12.2. The Kier molecular flexibility index (Phi) is 6.80. The first-order valence-electron chi connectivity index (χ1n) is 19.1. The van der Waals surface area contributed by atoms with Gasteiger partial charge in [0.15, 0.2) is 0 Å². The summed E-state index contributed by atoms with van der Waals surface area (Å²) in [6.07, 6.45) is 0. The lowest BCUT2D eigenvalue weighted by Crippen LogP contribution is -1.98. The van der Waals surface area contributed by atoms with Crippen molar-refractivity contribution in [1.82, 2.24) is 13.7 Å². The number of hydrogen-bond donors (Lipinski definition) is 0. The summed E-state index contributed by atoms with van der Waals surface area (Å²) in [7, 11) is 0. The smallest absolute Gasteiger partial charge is 0.109 e. The van der Waals surface area contributed by atoms with Gasteiger partial charge in [0.05, 0.1) is 27.6 Å². The number of hydrogen-bond acceptors (Lipinski definition) is 1.